The molecule has 0 unspecified atom stereocenters. The van der Waals surface area contributed by atoms with Gasteiger partial charge in [-0.2, -0.15) is 0 Å². The van der Waals surface area contributed by atoms with Crippen LogP contribution in [0.4, 0.5) is 0 Å². The van der Waals surface area contributed by atoms with Crippen LogP contribution in [0, 0.1) is 5.92 Å². The zero-order valence-electron chi connectivity index (χ0n) is 10.5. The number of nitrogens with one attached hydrogen (secondary N) is 1. The fourth-order valence-corrected chi connectivity index (χ4v) is 2.79. The van der Waals surface area contributed by atoms with E-state index in [1.54, 1.807) is 7.05 Å². The third kappa shape index (κ3) is 3.32. The molecule has 2 nitrogen and oxygen atoms in total. The van der Waals surface area contributed by atoms with Crippen LogP contribution in [0.5, 0.6) is 0 Å². The van der Waals surface area contributed by atoms with E-state index in [1.807, 2.05) is 0 Å². The minimum absolute atomic E-state index is 0.188. The highest BCUT2D eigenvalue weighted by Gasteiger charge is 2.23. The van der Waals surface area contributed by atoms with Crippen molar-refractivity contribution in [1.29, 1.82) is 0 Å². The number of hydrogen-bond acceptors (Lipinski definition) is 1. The Kier molecular flexibility index (Phi) is 4.18. The molecular formula is C15H21NO. The second-order valence-corrected chi connectivity index (χ2v) is 5.01. The van der Waals surface area contributed by atoms with Crippen molar-refractivity contribution < 1.29 is 4.79 Å². The van der Waals surface area contributed by atoms with Crippen LogP contribution in [-0.2, 0) is 4.79 Å². The minimum atomic E-state index is 0.188. The predicted molar refractivity (Wildman–Crippen MR) is 69.8 cm³/mol. The molecule has 92 valence electrons. The first-order valence-corrected chi connectivity index (χ1v) is 6.55. The maximum Gasteiger partial charge on any atom is 0.220 e. The van der Waals surface area contributed by atoms with E-state index in [0.29, 0.717) is 18.3 Å². The van der Waals surface area contributed by atoms with Crippen LogP contribution in [-0.4, -0.2) is 13.0 Å². The van der Waals surface area contributed by atoms with Gasteiger partial charge in [-0.1, -0.05) is 30.3 Å². The lowest BCUT2D eigenvalue weighted by atomic mass is 9.77. The standard InChI is InChI=1S/C15H21NO/c1-16-15(17)11-12-7-9-14(10-8-12)13-5-3-2-4-6-13/h2-6,12,14H,7-11H2,1H3,(H,16,17). The first-order valence-electron chi connectivity index (χ1n) is 6.55. The Labute approximate surface area is 103 Å². The van der Waals surface area contributed by atoms with Crippen LogP contribution >= 0.6 is 0 Å². The Bertz CT molecular complexity index is 352. The van der Waals surface area contributed by atoms with E-state index in [9.17, 15) is 4.79 Å². The fraction of sp³-hybridized carbons (Fsp3) is 0.533. The summed E-state index contributed by atoms with van der Waals surface area (Å²) < 4.78 is 0. The predicted octanol–water partition coefficient (Wildman–Crippen LogP) is 3.10. The Morgan fingerprint density at radius 2 is 1.82 bits per heavy atom. The van der Waals surface area contributed by atoms with E-state index < -0.39 is 0 Å². The molecule has 17 heavy (non-hydrogen) atoms. The summed E-state index contributed by atoms with van der Waals surface area (Å²) in [6, 6.07) is 10.8. The molecule has 0 atom stereocenters. The van der Waals surface area contributed by atoms with Gasteiger partial charge >= 0.3 is 0 Å². The summed E-state index contributed by atoms with van der Waals surface area (Å²) in [7, 11) is 1.72. The largest absolute Gasteiger partial charge is 0.359 e. The molecule has 1 amide bonds. The van der Waals surface area contributed by atoms with Crippen molar-refractivity contribution in [3.8, 4) is 0 Å². The summed E-state index contributed by atoms with van der Waals surface area (Å²) in [5, 5.41) is 2.72. The highest BCUT2D eigenvalue weighted by atomic mass is 16.1. The van der Waals surface area contributed by atoms with E-state index in [2.05, 4.69) is 35.6 Å². The quantitative estimate of drug-likeness (QED) is 0.851. The lowest BCUT2D eigenvalue weighted by Crippen LogP contribution is -2.23. The summed E-state index contributed by atoms with van der Waals surface area (Å²) >= 11 is 0. The lowest BCUT2D eigenvalue weighted by molar-refractivity contribution is -0.121. The minimum Gasteiger partial charge on any atom is -0.359 e. The number of amides is 1. The van der Waals surface area contributed by atoms with Gasteiger partial charge in [0.05, 0.1) is 0 Å². The highest BCUT2D eigenvalue weighted by Crippen LogP contribution is 2.36. The van der Waals surface area contributed by atoms with Crippen molar-refractivity contribution in [2.45, 2.75) is 38.0 Å². The van der Waals surface area contributed by atoms with Gasteiger partial charge in [0.2, 0.25) is 5.91 Å². The Morgan fingerprint density at radius 1 is 1.18 bits per heavy atom. The van der Waals surface area contributed by atoms with E-state index in [4.69, 9.17) is 0 Å². The van der Waals surface area contributed by atoms with Gasteiger partial charge in [0.1, 0.15) is 0 Å². The molecule has 1 aromatic rings. The molecule has 0 bridgehead atoms. The van der Waals surface area contributed by atoms with Crippen molar-refractivity contribution in [2.75, 3.05) is 7.05 Å². The Morgan fingerprint density at radius 3 is 2.41 bits per heavy atom. The molecule has 2 rings (SSSR count). The number of carbonyl (C=O) groups is 1. The third-order valence-corrected chi connectivity index (χ3v) is 3.87. The molecule has 1 saturated carbocycles. The first-order chi connectivity index (χ1) is 8.29. The first kappa shape index (κ1) is 12.2. The zero-order valence-corrected chi connectivity index (χ0v) is 10.5. The number of rotatable bonds is 3. The summed E-state index contributed by atoms with van der Waals surface area (Å²) in [6.45, 7) is 0. The second kappa shape index (κ2) is 5.85. The molecule has 0 saturated heterocycles. The second-order valence-electron chi connectivity index (χ2n) is 5.01. The van der Waals surface area contributed by atoms with E-state index in [1.165, 1.54) is 31.2 Å². The number of benzene rings is 1. The molecule has 1 N–H and O–H groups in total. The molecule has 0 spiro atoms. The van der Waals surface area contributed by atoms with Gasteiger partial charge in [0.15, 0.2) is 0 Å². The van der Waals surface area contributed by atoms with Crippen molar-refractivity contribution in [3.63, 3.8) is 0 Å². The normalized spacial score (nSPS) is 24.3. The third-order valence-electron chi connectivity index (χ3n) is 3.87. The SMILES string of the molecule is CNC(=O)CC1CCC(c2ccccc2)CC1. The summed E-state index contributed by atoms with van der Waals surface area (Å²) in [5.41, 5.74) is 1.46. The number of hydrogen-bond donors (Lipinski definition) is 1. The van der Waals surface area contributed by atoms with Gasteiger partial charge in [0, 0.05) is 13.5 Å². The van der Waals surface area contributed by atoms with Crippen LogP contribution in [0.15, 0.2) is 30.3 Å². The van der Waals surface area contributed by atoms with Crippen LogP contribution in [0.2, 0.25) is 0 Å². The van der Waals surface area contributed by atoms with E-state index in [0.717, 1.165) is 0 Å². The Hall–Kier alpha value is -1.31. The molecule has 0 radical (unpaired) electrons. The fourth-order valence-electron chi connectivity index (χ4n) is 2.79. The molecule has 0 heterocycles. The van der Waals surface area contributed by atoms with Gasteiger partial charge < -0.3 is 5.32 Å². The average molecular weight is 231 g/mol. The molecule has 0 aliphatic heterocycles. The highest BCUT2D eigenvalue weighted by molar-refractivity contribution is 5.75. The maximum absolute atomic E-state index is 11.3. The summed E-state index contributed by atoms with van der Waals surface area (Å²) in [6.07, 6.45) is 5.54. The van der Waals surface area contributed by atoms with Crippen LogP contribution in [0.1, 0.15) is 43.6 Å². The van der Waals surface area contributed by atoms with Crippen molar-refractivity contribution in [2.24, 2.45) is 5.92 Å². The Balaban J connectivity index is 1.84. The van der Waals surface area contributed by atoms with E-state index in [-0.39, 0.29) is 5.91 Å². The van der Waals surface area contributed by atoms with Crippen molar-refractivity contribution in [1.82, 2.24) is 5.32 Å². The lowest BCUT2D eigenvalue weighted by Gasteiger charge is -2.28. The monoisotopic (exact) mass is 231 g/mol. The molecule has 1 aliphatic carbocycles. The van der Waals surface area contributed by atoms with E-state index >= 15 is 0 Å². The van der Waals surface area contributed by atoms with Gasteiger partial charge in [-0.3, -0.25) is 4.79 Å². The van der Waals surface area contributed by atoms with Gasteiger partial charge in [-0.25, -0.2) is 0 Å². The molecule has 1 fully saturated rings. The maximum atomic E-state index is 11.3. The van der Waals surface area contributed by atoms with Crippen LogP contribution in [0.3, 0.4) is 0 Å². The average Bonchev–Trinajstić information content (AvgIpc) is 2.40. The molecule has 0 aromatic heterocycles. The van der Waals surface area contributed by atoms with Crippen LogP contribution in [0.25, 0.3) is 0 Å². The molecule has 2 heteroatoms. The topological polar surface area (TPSA) is 29.1 Å². The molecule has 1 aliphatic rings. The summed E-state index contributed by atoms with van der Waals surface area (Å²) in [4.78, 5) is 11.3. The summed E-state index contributed by atoms with van der Waals surface area (Å²) in [5.74, 6) is 1.49. The van der Waals surface area contributed by atoms with Crippen molar-refractivity contribution in [3.05, 3.63) is 35.9 Å². The van der Waals surface area contributed by atoms with Gasteiger partial charge in [-0.05, 0) is 43.1 Å². The van der Waals surface area contributed by atoms with Gasteiger partial charge in [-0.15, -0.1) is 0 Å². The molecular weight excluding hydrogens is 210 g/mol. The smallest absolute Gasteiger partial charge is 0.220 e. The van der Waals surface area contributed by atoms with Crippen molar-refractivity contribution >= 4 is 5.91 Å². The molecule has 1 aromatic carbocycles. The van der Waals surface area contributed by atoms with Gasteiger partial charge in [0.25, 0.3) is 0 Å². The zero-order chi connectivity index (χ0) is 12.1. The number of carbonyl (C=O) groups excluding carboxylic acids is 1. The van der Waals surface area contributed by atoms with Crippen LogP contribution < -0.4 is 5.32 Å².